The Morgan fingerprint density at radius 3 is 2.44 bits per heavy atom. The molecule has 0 spiro atoms. The predicted molar refractivity (Wildman–Crippen MR) is 179 cm³/mol. The third kappa shape index (κ3) is 6.66. The molecule has 1 unspecified atom stereocenters. The highest BCUT2D eigenvalue weighted by molar-refractivity contribution is 8.00. The van der Waals surface area contributed by atoms with Crippen LogP contribution < -0.4 is 9.64 Å². The molecule has 0 saturated carbocycles. The van der Waals surface area contributed by atoms with Crippen molar-refractivity contribution in [3.63, 3.8) is 0 Å². The Labute approximate surface area is 274 Å². The number of carbonyl (C=O) groups is 2. The molecule has 0 aliphatic carbocycles. The molecule has 5 aromatic rings. The Hall–Kier alpha value is -4.44. The van der Waals surface area contributed by atoms with Crippen molar-refractivity contribution in [2.75, 3.05) is 4.90 Å². The average molecular weight is 654 g/mol. The minimum absolute atomic E-state index is 0.0556. The van der Waals surface area contributed by atoms with Gasteiger partial charge in [-0.1, -0.05) is 101 Å². The number of aryl methyl sites for hydroxylation is 2. The van der Waals surface area contributed by atoms with E-state index in [1.165, 1.54) is 33.6 Å². The van der Waals surface area contributed by atoms with E-state index in [9.17, 15) is 14.7 Å². The van der Waals surface area contributed by atoms with E-state index in [0.717, 1.165) is 16.7 Å². The zero-order chi connectivity index (χ0) is 31.5. The van der Waals surface area contributed by atoms with Gasteiger partial charge in [0.15, 0.2) is 4.34 Å². The molecule has 7 nitrogen and oxygen atoms in total. The van der Waals surface area contributed by atoms with E-state index in [1.807, 2.05) is 38.1 Å². The number of halogens is 1. The van der Waals surface area contributed by atoms with E-state index in [2.05, 4.69) is 34.5 Å². The van der Waals surface area contributed by atoms with E-state index >= 15 is 0 Å². The maximum Gasteiger partial charge on any atom is 0.301 e. The van der Waals surface area contributed by atoms with Crippen molar-refractivity contribution in [3.05, 3.63) is 141 Å². The standard InChI is InChI=1S/C35H28ClN3O4S2/c1-21-10-12-23(13-11-21)20-44-35-38-37-34(45-35)39-30(25-8-5-9-27(36)18-25)29(32(41)33(39)42)31(40)24-14-16-28(17-15-24)43-19-26-7-4-3-6-22(26)2/h3-18,30,40H,19-20H2,1-2H3. The number of aliphatic hydroxyl groups excluding tert-OH is 1. The molecular formula is C35H28ClN3O4S2. The van der Waals surface area contributed by atoms with E-state index in [0.29, 0.717) is 38.6 Å². The summed E-state index contributed by atoms with van der Waals surface area (Å²) >= 11 is 9.05. The molecule has 1 N–H and O–H groups in total. The summed E-state index contributed by atoms with van der Waals surface area (Å²) in [5.41, 5.74) is 5.39. The van der Waals surface area contributed by atoms with Gasteiger partial charge in [0.1, 0.15) is 18.1 Å². The van der Waals surface area contributed by atoms with Crippen LogP contribution in [0.4, 0.5) is 5.13 Å². The zero-order valence-corrected chi connectivity index (χ0v) is 26.8. The third-order valence-corrected chi connectivity index (χ3v) is 9.84. The number of hydrogen-bond donors (Lipinski definition) is 1. The van der Waals surface area contributed by atoms with Crippen LogP contribution in [0.15, 0.2) is 107 Å². The Bertz CT molecular complexity index is 1910. The van der Waals surface area contributed by atoms with Crippen LogP contribution in [-0.2, 0) is 21.9 Å². The number of hydrogen-bond acceptors (Lipinski definition) is 8. The molecule has 0 bridgehead atoms. The molecule has 1 aliphatic rings. The summed E-state index contributed by atoms with van der Waals surface area (Å²) in [6.07, 6.45) is 0. The second kappa shape index (κ2) is 13.3. The highest BCUT2D eigenvalue weighted by Crippen LogP contribution is 2.44. The van der Waals surface area contributed by atoms with Crippen LogP contribution in [0.5, 0.6) is 5.75 Å². The average Bonchev–Trinajstić information content (AvgIpc) is 3.62. The van der Waals surface area contributed by atoms with E-state index in [1.54, 1.807) is 48.5 Å². The Balaban J connectivity index is 1.30. The summed E-state index contributed by atoms with van der Waals surface area (Å²) < 4.78 is 6.60. The quantitative estimate of drug-likeness (QED) is 0.0562. The van der Waals surface area contributed by atoms with Crippen LogP contribution in [0.1, 0.15) is 39.4 Å². The molecule has 1 atom stereocenters. The highest BCUT2D eigenvalue weighted by Gasteiger charge is 2.48. The summed E-state index contributed by atoms with van der Waals surface area (Å²) in [5, 5.41) is 20.8. The minimum Gasteiger partial charge on any atom is -0.507 e. The molecule has 1 saturated heterocycles. The van der Waals surface area contributed by atoms with Crippen molar-refractivity contribution < 1.29 is 19.4 Å². The summed E-state index contributed by atoms with van der Waals surface area (Å²) in [6, 6.07) is 28.9. The molecule has 45 heavy (non-hydrogen) atoms. The fourth-order valence-electron chi connectivity index (χ4n) is 5.01. The van der Waals surface area contributed by atoms with Crippen molar-refractivity contribution >= 4 is 57.3 Å². The lowest BCUT2D eigenvalue weighted by molar-refractivity contribution is -0.132. The van der Waals surface area contributed by atoms with Gasteiger partial charge >= 0.3 is 5.91 Å². The highest BCUT2D eigenvalue weighted by atomic mass is 35.5. The first-order chi connectivity index (χ1) is 21.8. The Morgan fingerprint density at radius 1 is 0.956 bits per heavy atom. The second-order valence-electron chi connectivity index (χ2n) is 10.6. The maximum atomic E-state index is 13.6. The van der Waals surface area contributed by atoms with Crippen LogP contribution in [0.2, 0.25) is 5.02 Å². The summed E-state index contributed by atoms with van der Waals surface area (Å²) in [5.74, 6) is -0.640. The summed E-state index contributed by atoms with van der Waals surface area (Å²) in [4.78, 5) is 28.4. The number of rotatable bonds is 9. The van der Waals surface area contributed by atoms with E-state index in [4.69, 9.17) is 16.3 Å². The topological polar surface area (TPSA) is 92.6 Å². The lowest BCUT2D eigenvalue weighted by atomic mass is 9.95. The molecular weight excluding hydrogens is 626 g/mol. The predicted octanol–water partition coefficient (Wildman–Crippen LogP) is 8.31. The number of ether oxygens (including phenoxy) is 1. The fraction of sp³-hybridized carbons (Fsp3) is 0.143. The van der Waals surface area contributed by atoms with Crippen LogP contribution in [0, 0.1) is 13.8 Å². The molecule has 226 valence electrons. The van der Waals surface area contributed by atoms with Crippen molar-refractivity contribution in [1.82, 2.24) is 10.2 Å². The lowest BCUT2D eigenvalue weighted by Crippen LogP contribution is -2.29. The van der Waals surface area contributed by atoms with Gasteiger partial charge in [0.2, 0.25) is 5.13 Å². The first-order valence-electron chi connectivity index (χ1n) is 14.1. The molecule has 6 rings (SSSR count). The number of benzene rings is 4. The molecule has 10 heteroatoms. The largest absolute Gasteiger partial charge is 0.507 e. The van der Waals surface area contributed by atoms with E-state index in [-0.39, 0.29) is 16.5 Å². The number of anilines is 1. The number of ketones is 1. The zero-order valence-electron chi connectivity index (χ0n) is 24.4. The molecule has 1 aromatic heterocycles. The molecule has 1 fully saturated rings. The molecule has 2 heterocycles. The number of nitrogens with zero attached hydrogens (tertiary/aromatic N) is 3. The smallest absolute Gasteiger partial charge is 0.301 e. The third-order valence-electron chi connectivity index (χ3n) is 7.48. The molecule has 1 aliphatic heterocycles. The minimum atomic E-state index is -0.955. The van der Waals surface area contributed by atoms with Crippen LogP contribution in [-0.4, -0.2) is 27.0 Å². The van der Waals surface area contributed by atoms with Crippen molar-refractivity contribution in [3.8, 4) is 5.75 Å². The summed E-state index contributed by atoms with van der Waals surface area (Å²) in [6.45, 7) is 4.46. The monoisotopic (exact) mass is 653 g/mol. The van der Waals surface area contributed by atoms with Gasteiger partial charge in [-0.3, -0.25) is 14.5 Å². The second-order valence-corrected chi connectivity index (χ2v) is 13.2. The lowest BCUT2D eigenvalue weighted by Gasteiger charge is -2.22. The van der Waals surface area contributed by atoms with Crippen LogP contribution in [0.25, 0.3) is 5.76 Å². The molecule has 1 amide bonds. The van der Waals surface area contributed by atoms with E-state index < -0.39 is 17.7 Å². The van der Waals surface area contributed by atoms with Gasteiger partial charge < -0.3 is 9.84 Å². The van der Waals surface area contributed by atoms with Gasteiger partial charge in [-0.05, 0) is 72.5 Å². The molecule has 0 radical (unpaired) electrons. The van der Waals surface area contributed by atoms with Crippen molar-refractivity contribution in [1.29, 1.82) is 0 Å². The number of amides is 1. The van der Waals surface area contributed by atoms with Crippen molar-refractivity contribution in [2.45, 2.75) is 36.6 Å². The fourth-order valence-corrected chi connectivity index (χ4v) is 7.03. The number of thioether (sulfide) groups is 1. The summed E-state index contributed by atoms with van der Waals surface area (Å²) in [7, 11) is 0. The van der Waals surface area contributed by atoms with Gasteiger partial charge in [-0.2, -0.15) is 0 Å². The number of aromatic nitrogens is 2. The van der Waals surface area contributed by atoms with Gasteiger partial charge in [0.25, 0.3) is 5.78 Å². The van der Waals surface area contributed by atoms with Gasteiger partial charge in [-0.15, -0.1) is 10.2 Å². The van der Waals surface area contributed by atoms with Gasteiger partial charge in [0, 0.05) is 16.3 Å². The van der Waals surface area contributed by atoms with Crippen LogP contribution in [0.3, 0.4) is 0 Å². The van der Waals surface area contributed by atoms with Crippen molar-refractivity contribution in [2.24, 2.45) is 0 Å². The number of Topliss-reactive ketones (excluding diaryl/α,β-unsaturated/α-hetero) is 1. The number of aliphatic hydroxyl groups is 1. The normalized spacial score (nSPS) is 15.9. The Kier molecular flexibility index (Phi) is 9.02. The van der Waals surface area contributed by atoms with Gasteiger partial charge in [0.05, 0.1) is 11.6 Å². The maximum absolute atomic E-state index is 13.6. The SMILES string of the molecule is Cc1ccc(CSc2nnc(N3C(=O)C(=O)C(=C(O)c4ccc(OCc5ccccc5C)cc4)C3c3cccc(Cl)c3)s2)cc1. The number of carbonyl (C=O) groups excluding carboxylic acids is 2. The van der Waals surface area contributed by atoms with Crippen LogP contribution >= 0.6 is 34.7 Å². The van der Waals surface area contributed by atoms with Gasteiger partial charge in [-0.25, -0.2) is 0 Å². The molecule has 4 aromatic carbocycles. The first-order valence-corrected chi connectivity index (χ1v) is 16.3. The Morgan fingerprint density at radius 2 is 1.71 bits per heavy atom. The first kappa shape index (κ1) is 30.6.